The van der Waals surface area contributed by atoms with Crippen LogP contribution in [0.2, 0.25) is 0 Å². The molecule has 0 amide bonds. The molecule has 7 aromatic rings. The van der Waals surface area contributed by atoms with E-state index in [2.05, 4.69) is 78.5 Å². The third-order valence-corrected chi connectivity index (χ3v) is 7.13. The van der Waals surface area contributed by atoms with E-state index in [0.29, 0.717) is 6.67 Å². The lowest BCUT2D eigenvalue weighted by Gasteiger charge is -2.30. The summed E-state index contributed by atoms with van der Waals surface area (Å²) in [5.74, 6) is 3.13. The molecule has 0 saturated heterocycles. The van der Waals surface area contributed by atoms with E-state index in [4.69, 9.17) is 4.74 Å². The Morgan fingerprint density at radius 1 is 0.692 bits per heavy atom. The summed E-state index contributed by atoms with van der Waals surface area (Å²) in [6.07, 6.45) is 1.82. The van der Waals surface area contributed by atoms with Crippen LogP contribution in [-0.4, -0.2) is 29.8 Å². The molecular formula is C31H21N7O. The van der Waals surface area contributed by atoms with Gasteiger partial charge in [-0.2, -0.15) is 0 Å². The summed E-state index contributed by atoms with van der Waals surface area (Å²) in [7, 11) is 0. The Morgan fingerprint density at radius 2 is 1.54 bits per heavy atom. The topological polar surface area (TPSA) is 73.9 Å². The number of hydrogen-bond donors (Lipinski definition) is 0. The minimum absolute atomic E-state index is 0.513. The highest BCUT2D eigenvalue weighted by Gasteiger charge is 2.25. The second-order valence-electron chi connectivity index (χ2n) is 9.41. The fourth-order valence-corrected chi connectivity index (χ4v) is 5.42. The molecule has 1 aliphatic heterocycles. The molecular weight excluding hydrogens is 486 g/mol. The molecule has 0 bridgehead atoms. The van der Waals surface area contributed by atoms with E-state index in [-0.39, 0.29) is 0 Å². The number of fused-ring (bicyclic) bond motifs is 6. The van der Waals surface area contributed by atoms with Crippen molar-refractivity contribution >= 4 is 33.2 Å². The molecule has 186 valence electrons. The van der Waals surface area contributed by atoms with E-state index in [0.717, 1.165) is 56.5 Å². The van der Waals surface area contributed by atoms with Gasteiger partial charge in [-0.05, 0) is 65.0 Å². The molecule has 39 heavy (non-hydrogen) atoms. The van der Waals surface area contributed by atoms with E-state index in [1.54, 1.807) is 4.68 Å². The molecule has 3 aromatic heterocycles. The van der Waals surface area contributed by atoms with E-state index in [9.17, 15) is 0 Å². The van der Waals surface area contributed by atoms with Crippen LogP contribution in [-0.2, 0) is 6.67 Å². The highest BCUT2D eigenvalue weighted by Crippen LogP contribution is 2.40. The lowest BCUT2D eigenvalue weighted by atomic mass is 10.1. The van der Waals surface area contributed by atoms with Gasteiger partial charge >= 0.3 is 0 Å². The predicted octanol–water partition coefficient (Wildman–Crippen LogP) is 6.73. The quantitative estimate of drug-likeness (QED) is 0.263. The molecule has 0 atom stereocenters. The maximum Gasteiger partial charge on any atom is 0.185 e. The fourth-order valence-electron chi connectivity index (χ4n) is 5.42. The number of ether oxygens (including phenoxy) is 1. The van der Waals surface area contributed by atoms with Gasteiger partial charge in [0.1, 0.15) is 24.0 Å². The zero-order chi connectivity index (χ0) is 25.8. The molecule has 8 nitrogen and oxygen atoms in total. The molecule has 8 rings (SSSR count). The number of pyridine rings is 1. The smallest absolute Gasteiger partial charge is 0.185 e. The third-order valence-electron chi connectivity index (χ3n) is 7.13. The van der Waals surface area contributed by atoms with Crippen molar-refractivity contribution in [3.05, 3.63) is 115 Å². The van der Waals surface area contributed by atoms with Crippen LogP contribution in [0.4, 0.5) is 11.4 Å². The van der Waals surface area contributed by atoms with Crippen LogP contribution in [0.15, 0.2) is 115 Å². The average Bonchev–Trinajstić information content (AvgIpc) is 3.60. The number of para-hydroxylation sites is 2. The van der Waals surface area contributed by atoms with Gasteiger partial charge in [0.2, 0.25) is 0 Å². The Balaban J connectivity index is 1.19. The third kappa shape index (κ3) is 3.46. The van der Waals surface area contributed by atoms with Crippen molar-refractivity contribution in [2.24, 2.45) is 0 Å². The molecule has 4 heterocycles. The van der Waals surface area contributed by atoms with Gasteiger partial charge in [0, 0.05) is 40.4 Å². The van der Waals surface area contributed by atoms with E-state index < -0.39 is 0 Å². The number of nitrogens with zero attached hydrogens (tertiary/aromatic N) is 7. The molecule has 0 fully saturated rings. The van der Waals surface area contributed by atoms with Crippen molar-refractivity contribution in [3.63, 3.8) is 0 Å². The summed E-state index contributed by atoms with van der Waals surface area (Å²) in [5.41, 5.74) is 5.19. The molecule has 4 aromatic carbocycles. The number of hydrogen-bond acceptors (Lipinski definition) is 6. The van der Waals surface area contributed by atoms with Gasteiger partial charge in [-0.1, -0.05) is 42.5 Å². The van der Waals surface area contributed by atoms with Gasteiger partial charge in [-0.15, -0.1) is 5.10 Å². The minimum Gasteiger partial charge on any atom is -0.457 e. The van der Waals surface area contributed by atoms with Crippen molar-refractivity contribution in [1.29, 1.82) is 0 Å². The van der Waals surface area contributed by atoms with Crippen molar-refractivity contribution in [2.45, 2.75) is 6.67 Å². The number of rotatable bonds is 4. The zero-order valence-electron chi connectivity index (χ0n) is 20.7. The van der Waals surface area contributed by atoms with Crippen LogP contribution >= 0.6 is 0 Å². The maximum absolute atomic E-state index is 6.44. The molecule has 0 saturated carbocycles. The Hall–Kier alpha value is -5.50. The zero-order valence-corrected chi connectivity index (χ0v) is 20.7. The Morgan fingerprint density at radius 3 is 2.49 bits per heavy atom. The van der Waals surface area contributed by atoms with Gasteiger partial charge in [0.05, 0.1) is 16.7 Å². The van der Waals surface area contributed by atoms with Crippen LogP contribution in [0.5, 0.6) is 11.5 Å². The van der Waals surface area contributed by atoms with Crippen LogP contribution < -0.4 is 9.64 Å². The number of aromatic nitrogens is 6. The minimum atomic E-state index is 0.513. The monoisotopic (exact) mass is 507 g/mol. The van der Waals surface area contributed by atoms with E-state index >= 15 is 0 Å². The average molecular weight is 508 g/mol. The van der Waals surface area contributed by atoms with Crippen LogP contribution in [0.25, 0.3) is 39.0 Å². The predicted molar refractivity (Wildman–Crippen MR) is 150 cm³/mol. The van der Waals surface area contributed by atoms with E-state index in [1.165, 1.54) is 5.39 Å². The maximum atomic E-state index is 6.44. The molecule has 0 radical (unpaired) electrons. The van der Waals surface area contributed by atoms with Crippen LogP contribution in [0.3, 0.4) is 0 Å². The van der Waals surface area contributed by atoms with Gasteiger partial charge in [-0.3, -0.25) is 4.57 Å². The van der Waals surface area contributed by atoms with Gasteiger partial charge in [-0.25, -0.2) is 9.67 Å². The molecule has 8 heteroatoms. The van der Waals surface area contributed by atoms with Crippen molar-refractivity contribution < 1.29 is 4.74 Å². The van der Waals surface area contributed by atoms with Crippen LogP contribution in [0, 0.1) is 0 Å². The largest absolute Gasteiger partial charge is 0.457 e. The summed E-state index contributed by atoms with van der Waals surface area (Å²) in [5, 5.41) is 14.6. The summed E-state index contributed by atoms with van der Waals surface area (Å²) in [6, 6.07) is 36.8. The summed E-state index contributed by atoms with van der Waals surface area (Å²) in [6.45, 7) is 0.513. The second kappa shape index (κ2) is 8.53. The highest BCUT2D eigenvalue weighted by molar-refractivity contribution is 6.09. The van der Waals surface area contributed by atoms with Gasteiger partial charge < -0.3 is 9.64 Å². The first kappa shape index (κ1) is 21.6. The Bertz CT molecular complexity index is 1990. The van der Waals surface area contributed by atoms with Crippen molar-refractivity contribution in [3.8, 4) is 28.7 Å². The lowest BCUT2D eigenvalue weighted by Crippen LogP contribution is -2.27. The lowest BCUT2D eigenvalue weighted by molar-refractivity contribution is 0.483. The number of benzene rings is 4. The van der Waals surface area contributed by atoms with Crippen molar-refractivity contribution in [2.75, 3.05) is 4.90 Å². The first-order valence-corrected chi connectivity index (χ1v) is 12.7. The molecule has 1 aliphatic rings. The summed E-state index contributed by atoms with van der Waals surface area (Å²) < 4.78 is 10.4. The Kier molecular flexibility index (Phi) is 4.72. The summed E-state index contributed by atoms with van der Waals surface area (Å²) in [4.78, 5) is 6.82. The first-order chi connectivity index (χ1) is 19.3. The first-order valence-electron chi connectivity index (χ1n) is 12.7. The molecule has 0 unspecified atom stereocenters. The SMILES string of the molecule is c1ccc(-n2c3ccccc3c3ccc(Oc4cccc(N5Cn6nnnc6-c6ccccc65)c4)cc32)nc1. The fraction of sp³-hybridized carbons (Fsp3) is 0.0323. The normalized spacial score (nSPS) is 12.5. The second-order valence-corrected chi connectivity index (χ2v) is 9.41. The highest BCUT2D eigenvalue weighted by atomic mass is 16.5. The molecule has 0 N–H and O–H groups in total. The van der Waals surface area contributed by atoms with E-state index in [1.807, 2.05) is 66.9 Å². The summed E-state index contributed by atoms with van der Waals surface area (Å²) >= 11 is 0. The number of tetrazole rings is 1. The van der Waals surface area contributed by atoms with Gasteiger partial charge in [0.25, 0.3) is 0 Å². The van der Waals surface area contributed by atoms with Crippen molar-refractivity contribution in [1.82, 2.24) is 29.8 Å². The molecule has 0 spiro atoms. The molecule has 0 aliphatic carbocycles. The Labute approximate surface area is 223 Å². The van der Waals surface area contributed by atoms with Crippen LogP contribution in [0.1, 0.15) is 0 Å². The van der Waals surface area contributed by atoms with Gasteiger partial charge in [0.15, 0.2) is 5.82 Å². The number of anilines is 2. The standard InChI is InChI=1S/C31H21N7O/c1-4-13-28-24(10-1)25-16-15-23(19-29(25)38(28)30-14-5-6-17-32-30)39-22-9-7-8-21(18-22)36-20-37-31(33-34-35-37)26-11-2-3-12-27(26)36/h1-19H,20H2.